The molecule has 12 nitrogen and oxygen atoms in total. The highest BCUT2D eigenvalue weighted by molar-refractivity contribution is 9.10. The minimum Gasteiger partial charge on any atom is -0.481 e. The third kappa shape index (κ3) is 11.5. The lowest BCUT2D eigenvalue weighted by molar-refractivity contribution is -0.140. The molecule has 0 saturated carbocycles. The van der Waals surface area contributed by atoms with Gasteiger partial charge in [-0.15, -0.1) is 0 Å². The molecule has 2 aromatic carbocycles. The van der Waals surface area contributed by atoms with Crippen molar-refractivity contribution < 1.29 is 39.5 Å². The molecule has 2 atom stereocenters. The number of aliphatic hydroxyl groups excluding tert-OH is 2. The maximum Gasteiger partial charge on any atom is 0.306 e. The third-order valence-electron chi connectivity index (χ3n) is 8.60. The maximum atomic E-state index is 10.8. The van der Waals surface area contributed by atoms with Gasteiger partial charge in [-0.2, -0.15) is 0 Å². The van der Waals surface area contributed by atoms with Gasteiger partial charge in [-0.25, -0.2) is 9.97 Å². The number of carboxylic acid groups (broad SMARTS) is 2. The lowest BCUT2D eigenvalue weighted by Crippen LogP contribution is -2.28. The Morgan fingerprint density at radius 1 is 0.673 bits per heavy atom. The fraction of sp³-hybridized carbons (Fsp3) is 0.368. The molecule has 0 spiro atoms. The molecular weight excluding hydrogens is 800 g/mol. The van der Waals surface area contributed by atoms with Gasteiger partial charge in [0.05, 0.1) is 34.0 Å². The summed E-state index contributed by atoms with van der Waals surface area (Å²) in [4.78, 5) is 30.9. The van der Waals surface area contributed by atoms with Gasteiger partial charge >= 0.3 is 11.9 Å². The molecule has 2 heterocycles. The zero-order valence-corrected chi connectivity index (χ0v) is 32.7. The normalized spacial score (nSPS) is 12.4. The number of hydrogen-bond donors (Lipinski definition) is 6. The number of ether oxygens (including phenoxy) is 2. The average molecular weight is 845 g/mol. The number of rotatable bonds is 19. The third-order valence-corrected chi connectivity index (χ3v) is 9.74. The second-order valence-corrected chi connectivity index (χ2v) is 14.3. The second-order valence-electron chi connectivity index (χ2n) is 12.6. The first-order valence-electron chi connectivity index (χ1n) is 16.7. The SMILES string of the molecule is Cc1nc(OCc2cccc(-c3cccc(COc4nc(C)c(CNC[C@@H](O)CC(=O)O)cc4Br)c3C)c2C)c(Br)cc1CNC[C@@H](O)CC(=O)O. The number of aliphatic carboxylic acids is 2. The van der Waals surface area contributed by atoms with Crippen LogP contribution in [0.2, 0.25) is 0 Å². The minimum absolute atomic E-state index is 0.154. The van der Waals surface area contributed by atoms with Crippen LogP contribution >= 0.6 is 31.9 Å². The molecule has 0 saturated heterocycles. The van der Waals surface area contributed by atoms with Gasteiger partial charge in [0.2, 0.25) is 11.8 Å². The molecule has 0 aliphatic carbocycles. The monoisotopic (exact) mass is 842 g/mol. The summed E-state index contributed by atoms with van der Waals surface area (Å²) in [6.07, 6.45) is -2.58. The molecule has 0 amide bonds. The summed E-state index contributed by atoms with van der Waals surface area (Å²) >= 11 is 7.14. The Kier molecular flexibility index (Phi) is 15.1. The van der Waals surface area contributed by atoms with Crippen LogP contribution in [0, 0.1) is 27.7 Å². The summed E-state index contributed by atoms with van der Waals surface area (Å²) in [5, 5.41) is 43.4. The summed E-state index contributed by atoms with van der Waals surface area (Å²) in [5.74, 6) is -1.17. The van der Waals surface area contributed by atoms with Crippen LogP contribution in [0.5, 0.6) is 11.8 Å². The van der Waals surface area contributed by atoms with Crippen molar-refractivity contribution in [2.45, 2.75) is 79.0 Å². The smallest absolute Gasteiger partial charge is 0.306 e. The average Bonchev–Trinajstić information content (AvgIpc) is 3.07. The minimum atomic E-state index is -1.05. The van der Waals surface area contributed by atoms with Crippen molar-refractivity contribution in [3.05, 3.63) is 102 Å². The summed E-state index contributed by atoms with van der Waals surface area (Å²) in [5.41, 5.74) is 9.66. The van der Waals surface area contributed by atoms with Crippen molar-refractivity contribution in [1.29, 1.82) is 0 Å². The second kappa shape index (κ2) is 19.2. The van der Waals surface area contributed by atoms with Crippen LogP contribution in [0.1, 0.15) is 57.6 Å². The van der Waals surface area contributed by atoms with E-state index in [1.165, 1.54) is 0 Å². The number of aromatic nitrogens is 2. The lowest BCUT2D eigenvalue weighted by Gasteiger charge is -2.18. The molecule has 0 unspecified atom stereocenters. The Bertz CT molecular complexity index is 1760. The first-order valence-corrected chi connectivity index (χ1v) is 18.3. The Labute approximate surface area is 319 Å². The molecule has 0 aliphatic rings. The Balaban J connectivity index is 1.40. The molecule has 2 aromatic heterocycles. The summed E-state index contributed by atoms with van der Waals surface area (Å²) in [6, 6.07) is 16.1. The number of aryl methyl sites for hydroxylation is 2. The van der Waals surface area contributed by atoms with Gasteiger partial charge in [-0.05, 0) is 116 Å². The number of nitrogens with zero attached hydrogens (tertiary/aromatic N) is 2. The van der Waals surface area contributed by atoms with E-state index in [9.17, 15) is 19.8 Å². The van der Waals surface area contributed by atoms with Gasteiger partial charge in [-0.3, -0.25) is 9.59 Å². The number of pyridine rings is 2. The summed E-state index contributed by atoms with van der Waals surface area (Å²) < 4.78 is 13.7. The maximum absolute atomic E-state index is 10.8. The fourth-order valence-electron chi connectivity index (χ4n) is 5.60. The largest absolute Gasteiger partial charge is 0.481 e. The zero-order valence-electron chi connectivity index (χ0n) is 29.5. The highest BCUT2D eigenvalue weighted by Crippen LogP contribution is 2.33. The highest BCUT2D eigenvalue weighted by Gasteiger charge is 2.16. The van der Waals surface area contributed by atoms with E-state index in [4.69, 9.17) is 19.7 Å². The Morgan fingerprint density at radius 2 is 1.06 bits per heavy atom. The molecule has 14 heteroatoms. The van der Waals surface area contributed by atoms with Crippen molar-refractivity contribution in [3.8, 4) is 22.9 Å². The predicted octanol–water partition coefficient (Wildman–Crippen LogP) is 5.91. The number of nitrogens with one attached hydrogen (secondary N) is 2. The number of aliphatic hydroxyl groups is 2. The molecule has 0 fully saturated rings. The van der Waals surface area contributed by atoms with Gasteiger partial charge < -0.3 is 40.5 Å². The first kappa shape index (κ1) is 40.8. The van der Waals surface area contributed by atoms with Gasteiger partial charge in [-0.1, -0.05) is 36.4 Å². The van der Waals surface area contributed by atoms with Crippen LogP contribution in [0.15, 0.2) is 57.5 Å². The van der Waals surface area contributed by atoms with Crippen molar-refractivity contribution in [2.24, 2.45) is 0 Å². The Morgan fingerprint density at radius 3 is 1.42 bits per heavy atom. The van der Waals surface area contributed by atoms with E-state index >= 15 is 0 Å². The van der Waals surface area contributed by atoms with Gasteiger partial charge in [0, 0.05) is 37.6 Å². The number of carbonyl (C=O) groups is 2. The predicted molar refractivity (Wildman–Crippen MR) is 203 cm³/mol. The Hall–Kier alpha value is -3.92. The topological polar surface area (TPSA) is 183 Å². The van der Waals surface area contributed by atoms with E-state index in [1.54, 1.807) is 0 Å². The highest BCUT2D eigenvalue weighted by atomic mass is 79.9. The van der Waals surface area contributed by atoms with Gasteiger partial charge in [0.25, 0.3) is 0 Å². The van der Waals surface area contributed by atoms with Crippen LogP contribution in [0.25, 0.3) is 11.1 Å². The summed E-state index contributed by atoms with van der Waals surface area (Å²) in [6.45, 7) is 9.65. The quantitative estimate of drug-likeness (QED) is 0.0658. The molecule has 0 bridgehead atoms. The number of halogens is 2. The first-order chi connectivity index (χ1) is 24.7. The van der Waals surface area contributed by atoms with E-state index in [0.29, 0.717) is 47.0 Å². The molecule has 278 valence electrons. The molecule has 6 N–H and O–H groups in total. The van der Waals surface area contributed by atoms with E-state index in [-0.39, 0.29) is 25.9 Å². The number of hydrogen-bond acceptors (Lipinski definition) is 10. The van der Waals surface area contributed by atoms with Crippen molar-refractivity contribution >= 4 is 43.8 Å². The van der Waals surface area contributed by atoms with Crippen LogP contribution in [0.3, 0.4) is 0 Å². The van der Waals surface area contributed by atoms with Gasteiger partial charge in [0.1, 0.15) is 13.2 Å². The molecule has 4 aromatic rings. The van der Waals surface area contributed by atoms with E-state index in [1.807, 2.05) is 50.2 Å². The van der Waals surface area contributed by atoms with E-state index in [2.05, 4.69) is 78.4 Å². The summed E-state index contributed by atoms with van der Waals surface area (Å²) in [7, 11) is 0. The van der Waals surface area contributed by atoms with Crippen molar-refractivity contribution in [3.63, 3.8) is 0 Å². The van der Waals surface area contributed by atoms with E-state index in [0.717, 1.165) is 55.9 Å². The van der Waals surface area contributed by atoms with Gasteiger partial charge in [0.15, 0.2) is 0 Å². The molecule has 0 radical (unpaired) electrons. The molecule has 4 rings (SSSR count). The van der Waals surface area contributed by atoms with Crippen LogP contribution < -0.4 is 20.1 Å². The number of carboxylic acids is 2. The van der Waals surface area contributed by atoms with Crippen LogP contribution in [0.4, 0.5) is 0 Å². The standard InChI is InChI=1S/C38H44Br2N4O8/c1-21-25(19-51-37-33(39)11-27(23(3)43-37)15-41-17-29(45)13-35(47)48)7-5-9-31(21)32-10-6-8-26(22(32)2)20-52-38-34(40)12-28(24(4)44-38)16-42-18-30(46)14-36(49)50/h5-12,29-30,41-42,45-46H,13-20H2,1-4H3,(H,47,48)(H,49,50)/t29-,30-/m0/s1. The molecule has 0 aliphatic heterocycles. The lowest BCUT2D eigenvalue weighted by atomic mass is 9.92. The zero-order chi connectivity index (χ0) is 37.9. The fourth-order valence-corrected chi connectivity index (χ4v) is 6.56. The van der Waals surface area contributed by atoms with Crippen molar-refractivity contribution in [2.75, 3.05) is 13.1 Å². The van der Waals surface area contributed by atoms with E-state index < -0.39 is 24.1 Å². The molecule has 52 heavy (non-hydrogen) atoms. The van der Waals surface area contributed by atoms with Crippen molar-refractivity contribution in [1.82, 2.24) is 20.6 Å². The van der Waals surface area contributed by atoms with Crippen LogP contribution in [-0.2, 0) is 35.9 Å². The van der Waals surface area contributed by atoms with Crippen LogP contribution in [-0.4, -0.2) is 67.6 Å². The molecular formula is C38H44Br2N4O8. The number of benzene rings is 2.